The van der Waals surface area contributed by atoms with E-state index in [0.29, 0.717) is 29.8 Å². The molecule has 158 valence electrons. The molecule has 4 N–H and O–H groups in total. The van der Waals surface area contributed by atoms with Crippen molar-refractivity contribution in [2.45, 2.75) is 25.2 Å². The van der Waals surface area contributed by atoms with E-state index in [1.165, 1.54) is 16.8 Å². The van der Waals surface area contributed by atoms with Crippen LogP contribution in [0.4, 0.5) is 10.2 Å². The number of β-amino-alcohol motifs (C(OH)–C–C–N with tert-alkyl or cyclic N) is 1. The molecule has 7 nitrogen and oxygen atoms in total. The summed E-state index contributed by atoms with van der Waals surface area (Å²) in [5, 5.41) is 18.3. The first-order valence-corrected chi connectivity index (χ1v) is 10.1. The van der Waals surface area contributed by atoms with Crippen LogP contribution in [0.3, 0.4) is 0 Å². The molecule has 2 atom stereocenters. The van der Waals surface area contributed by atoms with Gasteiger partial charge in [0.05, 0.1) is 11.2 Å². The Bertz CT molecular complexity index is 1090. The first-order valence-electron chi connectivity index (χ1n) is 9.33. The third-order valence-electron chi connectivity index (χ3n) is 5.12. The van der Waals surface area contributed by atoms with Crippen molar-refractivity contribution in [3.63, 3.8) is 0 Å². The van der Waals surface area contributed by atoms with Crippen LogP contribution >= 0.6 is 23.2 Å². The largest absolute Gasteiger partial charge is 0.482 e. The molecule has 0 amide bonds. The Labute approximate surface area is 182 Å². The molecule has 30 heavy (non-hydrogen) atoms. The van der Waals surface area contributed by atoms with Gasteiger partial charge in [0.25, 0.3) is 0 Å². The summed E-state index contributed by atoms with van der Waals surface area (Å²) in [6, 6.07) is 4.33. The number of hydrogen-bond donors (Lipinski definition) is 3. The van der Waals surface area contributed by atoms with E-state index in [0.717, 1.165) is 12.1 Å². The van der Waals surface area contributed by atoms with Crippen LogP contribution in [0.2, 0.25) is 10.0 Å². The first kappa shape index (κ1) is 20.9. The predicted octanol–water partition coefficient (Wildman–Crippen LogP) is 3.75. The minimum Gasteiger partial charge on any atom is -0.482 e. The molecule has 3 aromatic rings. The van der Waals surface area contributed by atoms with Gasteiger partial charge in [0, 0.05) is 53.6 Å². The Hall–Kier alpha value is -2.39. The number of hydrogen-bond acceptors (Lipinski definition) is 6. The van der Waals surface area contributed by atoms with Gasteiger partial charge in [0.2, 0.25) is 0 Å². The second-order valence-electron chi connectivity index (χ2n) is 7.21. The highest BCUT2D eigenvalue weighted by Gasteiger charge is 2.33. The second-order valence-corrected chi connectivity index (χ2v) is 7.99. The van der Waals surface area contributed by atoms with Crippen LogP contribution in [-0.4, -0.2) is 33.0 Å². The molecular formula is C20H20Cl2FN5O2. The monoisotopic (exact) mass is 451 g/mol. The fraction of sp³-hybridized carbons (Fsp3) is 0.300. The van der Waals surface area contributed by atoms with Crippen molar-refractivity contribution >= 4 is 29.0 Å². The van der Waals surface area contributed by atoms with Gasteiger partial charge in [0.1, 0.15) is 11.9 Å². The average Bonchev–Trinajstić information content (AvgIpc) is 3.37. The molecule has 2 aromatic heterocycles. The lowest BCUT2D eigenvalue weighted by atomic mass is 10.1. The molecule has 1 aliphatic heterocycles. The van der Waals surface area contributed by atoms with Crippen LogP contribution in [0.25, 0.3) is 11.1 Å². The van der Waals surface area contributed by atoms with Crippen molar-refractivity contribution in [3.05, 3.63) is 58.2 Å². The van der Waals surface area contributed by atoms with Crippen molar-refractivity contribution < 1.29 is 14.2 Å². The van der Waals surface area contributed by atoms with E-state index in [4.69, 9.17) is 33.7 Å². The summed E-state index contributed by atoms with van der Waals surface area (Å²) >= 11 is 12.3. The number of halogens is 3. The van der Waals surface area contributed by atoms with Gasteiger partial charge in [-0.3, -0.25) is 0 Å². The van der Waals surface area contributed by atoms with Crippen LogP contribution < -0.4 is 15.8 Å². The summed E-state index contributed by atoms with van der Waals surface area (Å²) in [7, 11) is 0. The quantitative estimate of drug-likeness (QED) is 0.510. The number of nitrogen functional groups attached to an aromatic ring is 1. The summed E-state index contributed by atoms with van der Waals surface area (Å²) in [5.74, 6) is -0.122. The van der Waals surface area contributed by atoms with Crippen LogP contribution in [0, 0.1) is 5.82 Å². The Kier molecular flexibility index (Phi) is 5.59. The molecular weight excluding hydrogens is 432 g/mol. The smallest absolute Gasteiger partial charge is 0.171 e. The molecule has 0 aliphatic carbocycles. The van der Waals surface area contributed by atoms with Gasteiger partial charge in [-0.1, -0.05) is 23.2 Å². The molecule has 0 spiro atoms. The molecule has 0 bridgehead atoms. The minimum absolute atomic E-state index is 0.0996. The van der Waals surface area contributed by atoms with Gasteiger partial charge < -0.3 is 20.9 Å². The Morgan fingerprint density at radius 2 is 2.13 bits per heavy atom. The van der Waals surface area contributed by atoms with E-state index in [-0.39, 0.29) is 15.9 Å². The number of aromatic nitrogens is 3. The van der Waals surface area contributed by atoms with Gasteiger partial charge in [-0.15, -0.1) is 0 Å². The zero-order valence-electron chi connectivity index (χ0n) is 16.1. The molecule has 4 rings (SSSR count). The number of aliphatic hydroxyl groups is 1. The Morgan fingerprint density at radius 1 is 1.33 bits per heavy atom. The number of pyridine rings is 1. The standard InChI is InChI=1S/C20H20Cl2FN5O2/c1-11(17-14(21)2-3-15(23)18(17)22)30-16-6-12(7-26-19(16)24)13-8-27-28(9-13)20(29)4-5-25-10-20/h2-3,6-9,11,25,29H,4-5,10H2,1H3,(H2,24,26). The number of nitrogens with two attached hydrogens (primary N) is 1. The molecule has 2 unspecified atom stereocenters. The third-order valence-corrected chi connectivity index (χ3v) is 5.84. The number of anilines is 1. The summed E-state index contributed by atoms with van der Waals surface area (Å²) < 4.78 is 21.3. The topological polar surface area (TPSA) is 98.2 Å². The van der Waals surface area contributed by atoms with Gasteiger partial charge >= 0.3 is 0 Å². The minimum atomic E-state index is -1.06. The molecule has 1 saturated heterocycles. The zero-order valence-corrected chi connectivity index (χ0v) is 17.6. The average molecular weight is 452 g/mol. The van der Waals surface area contributed by atoms with Crippen LogP contribution in [0.5, 0.6) is 5.75 Å². The van der Waals surface area contributed by atoms with E-state index in [1.54, 1.807) is 31.6 Å². The zero-order chi connectivity index (χ0) is 21.5. The highest BCUT2D eigenvalue weighted by Crippen LogP contribution is 2.37. The number of nitrogens with zero attached hydrogens (tertiary/aromatic N) is 3. The maximum Gasteiger partial charge on any atom is 0.171 e. The second kappa shape index (κ2) is 8.03. The lowest BCUT2D eigenvalue weighted by molar-refractivity contribution is -0.0283. The van der Waals surface area contributed by atoms with Gasteiger partial charge in [-0.05, 0) is 25.1 Å². The first-order chi connectivity index (χ1) is 14.3. The third kappa shape index (κ3) is 3.83. The van der Waals surface area contributed by atoms with Crippen LogP contribution in [0.1, 0.15) is 25.0 Å². The molecule has 3 heterocycles. The van der Waals surface area contributed by atoms with Crippen LogP contribution in [-0.2, 0) is 5.72 Å². The summed E-state index contributed by atoms with van der Waals surface area (Å²) in [6.45, 7) is 2.84. The number of nitrogens with one attached hydrogen (secondary N) is 1. The van der Waals surface area contributed by atoms with Crippen LogP contribution in [0.15, 0.2) is 36.8 Å². The van der Waals surface area contributed by atoms with Gasteiger partial charge in [0.15, 0.2) is 17.3 Å². The predicted molar refractivity (Wildman–Crippen MR) is 113 cm³/mol. The van der Waals surface area contributed by atoms with Crippen molar-refractivity contribution in [1.29, 1.82) is 0 Å². The Morgan fingerprint density at radius 3 is 2.87 bits per heavy atom. The van der Waals surface area contributed by atoms with Gasteiger partial charge in [-0.2, -0.15) is 5.10 Å². The molecule has 0 saturated carbocycles. The van der Waals surface area contributed by atoms with E-state index >= 15 is 0 Å². The van der Waals surface area contributed by atoms with Gasteiger partial charge in [-0.25, -0.2) is 14.1 Å². The van der Waals surface area contributed by atoms with Crippen molar-refractivity contribution in [3.8, 4) is 16.9 Å². The fourth-order valence-electron chi connectivity index (χ4n) is 3.43. The highest BCUT2D eigenvalue weighted by atomic mass is 35.5. The van der Waals surface area contributed by atoms with E-state index < -0.39 is 17.6 Å². The number of benzene rings is 1. The van der Waals surface area contributed by atoms with E-state index in [2.05, 4.69) is 15.4 Å². The van der Waals surface area contributed by atoms with E-state index in [1.807, 2.05) is 0 Å². The van der Waals surface area contributed by atoms with E-state index in [9.17, 15) is 9.50 Å². The summed E-state index contributed by atoms with van der Waals surface area (Å²) in [6.07, 6.45) is 4.86. The molecule has 0 radical (unpaired) electrons. The maximum atomic E-state index is 13.9. The van der Waals surface area contributed by atoms with Crippen molar-refractivity contribution in [1.82, 2.24) is 20.1 Å². The SMILES string of the molecule is CC(Oc1cc(-c2cnn(C3(O)CCNC3)c2)cnc1N)c1c(Cl)ccc(F)c1Cl. The molecule has 1 aromatic carbocycles. The summed E-state index contributed by atoms with van der Waals surface area (Å²) in [4.78, 5) is 4.19. The van der Waals surface area contributed by atoms with Crippen molar-refractivity contribution in [2.24, 2.45) is 0 Å². The summed E-state index contributed by atoms with van der Waals surface area (Å²) in [5.41, 5.74) is 6.68. The lowest BCUT2D eigenvalue weighted by Crippen LogP contribution is -2.35. The normalized spacial score (nSPS) is 19.8. The molecule has 10 heteroatoms. The molecule has 1 fully saturated rings. The number of rotatable bonds is 5. The molecule has 1 aliphatic rings. The lowest BCUT2D eigenvalue weighted by Gasteiger charge is -2.21. The number of ether oxygens (including phenoxy) is 1. The Balaban J connectivity index is 1.62. The fourth-order valence-corrected chi connectivity index (χ4v) is 4.11. The maximum absolute atomic E-state index is 13.9. The highest BCUT2D eigenvalue weighted by molar-refractivity contribution is 6.36. The van der Waals surface area contributed by atoms with Crippen molar-refractivity contribution in [2.75, 3.05) is 18.8 Å².